The molecule has 0 heterocycles. The third kappa shape index (κ3) is 4.37. The van der Waals surface area contributed by atoms with E-state index in [0.29, 0.717) is 16.9 Å². The quantitative estimate of drug-likeness (QED) is 0.868. The predicted octanol–water partition coefficient (Wildman–Crippen LogP) is 2.89. The van der Waals surface area contributed by atoms with Crippen LogP contribution >= 0.6 is 0 Å². The number of methoxy groups -OCH3 is 1. The van der Waals surface area contributed by atoms with Crippen LogP contribution in [-0.4, -0.2) is 38.9 Å². The van der Waals surface area contributed by atoms with E-state index in [1.807, 2.05) is 0 Å². The highest BCUT2D eigenvalue weighted by Gasteiger charge is 2.22. The maximum absolute atomic E-state index is 12.0. The van der Waals surface area contributed by atoms with E-state index in [2.05, 4.69) is 5.32 Å². The van der Waals surface area contributed by atoms with Crippen LogP contribution in [0.3, 0.4) is 0 Å². The number of ether oxygens (including phenoxy) is 2. The molecule has 0 saturated carbocycles. The molecule has 1 aromatic rings. The average Bonchev–Trinajstić information content (AvgIpc) is 2.43. The summed E-state index contributed by atoms with van der Waals surface area (Å²) in [6, 6.07) is 5.02. The fraction of sp³-hybridized carbons (Fsp3) is 0.467. The van der Waals surface area contributed by atoms with Crippen LogP contribution in [0.2, 0.25) is 0 Å². The normalized spacial score (nSPS) is 10.8. The molecular formula is C15H22N2O4. The Morgan fingerprint density at radius 1 is 1.24 bits per heavy atom. The number of hydrogen-bond donors (Lipinski definition) is 1. The zero-order chi connectivity index (χ0) is 16.2. The van der Waals surface area contributed by atoms with Crippen molar-refractivity contribution in [3.8, 4) is 0 Å². The van der Waals surface area contributed by atoms with Crippen molar-refractivity contribution in [2.45, 2.75) is 26.4 Å². The summed E-state index contributed by atoms with van der Waals surface area (Å²) in [6.45, 7) is 5.38. The molecule has 0 aliphatic carbocycles. The molecule has 1 rings (SSSR count). The molecule has 0 unspecified atom stereocenters. The van der Waals surface area contributed by atoms with E-state index in [0.717, 1.165) is 0 Å². The number of nitrogens with one attached hydrogen (secondary N) is 1. The van der Waals surface area contributed by atoms with Crippen molar-refractivity contribution >= 4 is 23.4 Å². The minimum atomic E-state index is -0.582. The molecule has 0 atom stereocenters. The van der Waals surface area contributed by atoms with Gasteiger partial charge in [0.25, 0.3) is 0 Å². The second kappa shape index (κ2) is 6.47. The highest BCUT2D eigenvalue weighted by molar-refractivity contribution is 5.98. The van der Waals surface area contributed by atoms with Crippen LogP contribution in [0, 0.1) is 0 Å². The highest BCUT2D eigenvalue weighted by Crippen LogP contribution is 2.24. The van der Waals surface area contributed by atoms with Crippen molar-refractivity contribution in [3.05, 3.63) is 23.8 Å². The van der Waals surface area contributed by atoms with Crippen LogP contribution < -0.4 is 10.2 Å². The van der Waals surface area contributed by atoms with Crippen LogP contribution in [0.15, 0.2) is 18.2 Å². The fourth-order valence-electron chi connectivity index (χ4n) is 1.67. The first kappa shape index (κ1) is 16.8. The Hall–Kier alpha value is -2.24. The van der Waals surface area contributed by atoms with Gasteiger partial charge in [0.15, 0.2) is 0 Å². The first-order valence-corrected chi connectivity index (χ1v) is 6.56. The van der Waals surface area contributed by atoms with E-state index >= 15 is 0 Å². The van der Waals surface area contributed by atoms with E-state index in [1.54, 1.807) is 53.1 Å². The van der Waals surface area contributed by atoms with Crippen molar-refractivity contribution in [2.24, 2.45) is 0 Å². The van der Waals surface area contributed by atoms with Gasteiger partial charge in [0.2, 0.25) is 0 Å². The number of rotatable bonds is 3. The van der Waals surface area contributed by atoms with Crippen LogP contribution in [0.1, 0.15) is 31.1 Å². The number of carbonyl (C=O) groups is 2. The van der Waals surface area contributed by atoms with Crippen molar-refractivity contribution in [2.75, 3.05) is 31.4 Å². The lowest BCUT2D eigenvalue weighted by Crippen LogP contribution is -2.34. The van der Waals surface area contributed by atoms with Gasteiger partial charge in [0, 0.05) is 25.5 Å². The van der Waals surface area contributed by atoms with Crippen LogP contribution in [-0.2, 0) is 9.47 Å². The number of nitrogens with zero attached hydrogens (tertiary/aromatic N) is 1. The zero-order valence-electron chi connectivity index (χ0n) is 13.3. The number of carbonyl (C=O) groups excluding carboxylic acids is 2. The molecule has 0 aliphatic rings. The van der Waals surface area contributed by atoms with Gasteiger partial charge in [-0.05, 0) is 39.0 Å². The number of amides is 1. The van der Waals surface area contributed by atoms with Crippen LogP contribution in [0.5, 0.6) is 0 Å². The van der Waals surface area contributed by atoms with Gasteiger partial charge < -0.3 is 14.8 Å². The van der Waals surface area contributed by atoms with Gasteiger partial charge in [-0.2, -0.15) is 0 Å². The largest absolute Gasteiger partial charge is 0.465 e. The predicted molar refractivity (Wildman–Crippen MR) is 82.0 cm³/mol. The minimum Gasteiger partial charge on any atom is -0.465 e. The summed E-state index contributed by atoms with van der Waals surface area (Å²) in [6.07, 6.45) is -0.490. The van der Waals surface area contributed by atoms with E-state index in [9.17, 15) is 9.59 Å². The first-order valence-electron chi connectivity index (χ1n) is 6.56. The second-order valence-electron chi connectivity index (χ2n) is 5.51. The van der Waals surface area contributed by atoms with Gasteiger partial charge in [0.05, 0.1) is 12.7 Å². The number of hydrogen-bond acceptors (Lipinski definition) is 5. The lowest BCUT2D eigenvalue weighted by atomic mass is 10.1. The summed E-state index contributed by atoms with van der Waals surface area (Å²) in [5.41, 5.74) is 0.946. The zero-order valence-corrected chi connectivity index (χ0v) is 13.3. The van der Waals surface area contributed by atoms with Crippen LogP contribution in [0.4, 0.5) is 16.2 Å². The molecule has 0 spiro atoms. The molecule has 0 aromatic heterocycles. The molecule has 21 heavy (non-hydrogen) atoms. The third-order valence-corrected chi connectivity index (χ3v) is 2.73. The van der Waals surface area contributed by atoms with E-state index in [-0.39, 0.29) is 0 Å². The van der Waals surface area contributed by atoms with Crippen molar-refractivity contribution in [1.82, 2.24) is 0 Å². The Balaban J connectivity index is 3.08. The highest BCUT2D eigenvalue weighted by atomic mass is 16.6. The summed E-state index contributed by atoms with van der Waals surface area (Å²) in [7, 11) is 4.61. The lowest BCUT2D eigenvalue weighted by molar-refractivity contribution is 0.0580. The number of esters is 1. The monoisotopic (exact) mass is 294 g/mol. The SMILES string of the molecule is CNc1ccc(N(C)C(=O)OC(C)(C)C)cc1C(=O)OC. The maximum atomic E-state index is 12.0. The Morgan fingerprint density at radius 2 is 1.86 bits per heavy atom. The molecule has 1 aromatic carbocycles. The molecule has 116 valence electrons. The average molecular weight is 294 g/mol. The van der Waals surface area contributed by atoms with Gasteiger partial charge in [-0.1, -0.05) is 0 Å². The summed E-state index contributed by atoms with van der Waals surface area (Å²) in [5.74, 6) is -0.473. The van der Waals surface area contributed by atoms with Gasteiger partial charge in [0.1, 0.15) is 5.60 Å². The molecule has 6 nitrogen and oxygen atoms in total. The van der Waals surface area contributed by atoms with Gasteiger partial charge in [-0.15, -0.1) is 0 Å². The Labute approximate surface area is 125 Å². The fourth-order valence-corrected chi connectivity index (χ4v) is 1.67. The Morgan fingerprint density at radius 3 is 2.33 bits per heavy atom. The van der Waals surface area contributed by atoms with Crippen molar-refractivity contribution in [3.63, 3.8) is 0 Å². The van der Waals surface area contributed by atoms with E-state index in [4.69, 9.17) is 9.47 Å². The minimum absolute atomic E-state index is 0.355. The lowest BCUT2D eigenvalue weighted by Gasteiger charge is -2.25. The topological polar surface area (TPSA) is 67.9 Å². The molecule has 1 N–H and O–H groups in total. The molecule has 1 amide bonds. The van der Waals surface area contributed by atoms with Crippen LogP contribution in [0.25, 0.3) is 0 Å². The summed E-state index contributed by atoms with van der Waals surface area (Å²) < 4.78 is 10.0. The maximum Gasteiger partial charge on any atom is 0.414 e. The van der Waals surface area contributed by atoms with Crippen molar-refractivity contribution in [1.29, 1.82) is 0 Å². The van der Waals surface area contributed by atoms with Gasteiger partial charge >= 0.3 is 12.1 Å². The second-order valence-corrected chi connectivity index (χ2v) is 5.51. The molecule has 0 radical (unpaired) electrons. The first-order chi connectivity index (χ1) is 9.69. The standard InChI is InChI=1S/C15H22N2O4/c1-15(2,3)21-14(19)17(5)10-7-8-12(16-4)11(9-10)13(18)20-6/h7-9,16H,1-6H3. The molecule has 6 heteroatoms. The van der Waals surface area contributed by atoms with Gasteiger partial charge in [-0.25, -0.2) is 9.59 Å². The smallest absolute Gasteiger partial charge is 0.414 e. The third-order valence-electron chi connectivity index (χ3n) is 2.73. The molecule has 0 bridgehead atoms. The van der Waals surface area contributed by atoms with E-state index in [1.165, 1.54) is 12.0 Å². The van der Waals surface area contributed by atoms with Gasteiger partial charge in [-0.3, -0.25) is 4.90 Å². The molecule has 0 saturated heterocycles. The summed E-state index contributed by atoms with van der Waals surface area (Å²) >= 11 is 0. The summed E-state index contributed by atoms with van der Waals surface area (Å²) in [4.78, 5) is 25.2. The number of anilines is 2. The molecular weight excluding hydrogens is 272 g/mol. The number of benzene rings is 1. The molecule has 0 aliphatic heterocycles. The van der Waals surface area contributed by atoms with E-state index < -0.39 is 17.7 Å². The summed E-state index contributed by atoms with van der Waals surface area (Å²) in [5, 5.41) is 2.91. The Bertz CT molecular complexity index is 535. The van der Waals surface area contributed by atoms with Crippen molar-refractivity contribution < 1.29 is 19.1 Å². The Kier molecular flexibility index (Phi) is 5.18. The molecule has 0 fully saturated rings.